The third kappa shape index (κ3) is 5.09. The highest BCUT2D eigenvalue weighted by Gasteiger charge is 2.21. The van der Waals surface area contributed by atoms with Gasteiger partial charge in [0.15, 0.2) is 0 Å². The second-order valence-electron chi connectivity index (χ2n) is 4.64. The third-order valence-electron chi connectivity index (χ3n) is 2.99. The lowest BCUT2D eigenvalue weighted by Gasteiger charge is -2.17. The lowest BCUT2D eigenvalue weighted by molar-refractivity contribution is -0.394. The second kappa shape index (κ2) is 8.28. The van der Waals surface area contributed by atoms with Gasteiger partial charge < -0.3 is 10.1 Å². The summed E-state index contributed by atoms with van der Waals surface area (Å²) < 4.78 is 5.09. The molecule has 1 rings (SSSR count). The molecule has 116 valence electrons. The van der Waals surface area contributed by atoms with Crippen LogP contribution in [0.3, 0.4) is 0 Å². The number of hydrogen-bond donors (Lipinski definition) is 1. The molecule has 0 amide bonds. The minimum absolute atomic E-state index is 0.0740. The van der Waals surface area contributed by atoms with Crippen LogP contribution in [0.4, 0.5) is 11.4 Å². The summed E-state index contributed by atoms with van der Waals surface area (Å²) in [4.78, 5) is 20.6. The number of methoxy groups -OCH3 is 1. The molecule has 0 bridgehead atoms. The van der Waals surface area contributed by atoms with Crippen molar-refractivity contribution in [3.8, 4) is 0 Å². The number of nitro groups is 2. The van der Waals surface area contributed by atoms with Gasteiger partial charge in [-0.25, -0.2) is 0 Å². The molecule has 21 heavy (non-hydrogen) atoms. The van der Waals surface area contributed by atoms with E-state index in [-0.39, 0.29) is 17.4 Å². The van der Waals surface area contributed by atoms with Gasteiger partial charge in [0.05, 0.1) is 22.5 Å². The maximum Gasteiger partial charge on any atom is 0.279 e. The van der Waals surface area contributed by atoms with Crippen LogP contribution in [0, 0.1) is 20.2 Å². The van der Waals surface area contributed by atoms with Crippen LogP contribution in [0.15, 0.2) is 18.2 Å². The Kier molecular flexibility index (Phi) is 6.70. The summed E-state index contributed by atoms with van der Waals surface area (Å²) >= 11 is 0. The zero-order valence-electron chi connectivity index (χ0n) is 12.1. The Labute approximate surface area is 122 Å². The summed E-state index contributed by atoms with van der Waals surface area (Å²) in [5.74, 6) is 0. The van der Waals surface area contributed by atoms with Crippen LogP contribution in [0.25, 0.3) is 0 Å². The molecule has 1 aromatic carbocycles. The van der Waals surface area contributed by atoms with Crippen LogP contribution in [0.1, 0.15) is 18.9 Å². The Hall–Kier alpha value is -2.06. The molecular formula is C13H19N3O5. The summed E-state index contributed by atoms with van der Waals surface area (Å²) in [6.07, 6.45) is 1.31. The van der Waals surface area contributed by atoms with Crippen molar-refractivity contribution in [2.75, 3.05) is 20.3 Å². The van der Waals surface area contributed by atoms with E-state index in [9.17, 15) is 20.2 Å². The van der Waals surface area contributed by atoms with Crippen LogP contribution in [-0.4, -0.2) is 36.1 Å². The van der Waals surface area contributed by atoms with Gasteiger partial charge in [-0.15, -0.1) is 0 Å². The molecule has 0 saturated carbocycles. The number of nitrogens with zero attached hydrogens (tertiary/aromatic N) is 2. The molecule has 0 heterocycles. The predicted octanol–water partition coefficient (Wildman–Crippen LogP) is 2.06. The molecule has 0 aliphatic rings. The SMILES string of the molecule is CCCNC(COC)Cc1ccc([N+](=O)[O-])cc1[N+](=O)[O-]. The first-order valence-corrected chi connectivity index (χ1v) is 6.63. The Morgan fingerprint density at radius 1 is 1.29 bits per heavy atom. The van der Waals surface area contributed by atoms with Gasteiger partial charge in [-0.2, -0.15) is 0 Å². The van der Waals surface area contributed by atoms with Crippen molar-refractivity contribution in [1.82, 2.24) is 5.32 Å². The summed E-state index contributed by atoms with van der Waals surface area (Å²) in [5.41, 5.74) is -0.0601. The molecule has 0 spiro atoms. The Bertz CT molecular complexity index is 507. The standard InChI is InChI=1S/C13H19N3O5/c1-3-6-14-11(9-21-2)7-10-4-5-12(15(17)18)8-13(10)16(19)20/h4-5,8,11,14H,3,6-7,9H2,1-2H3. The molecule has 1 aromatic rings. The Morgan fingerprint density at radius 2 is 2.00 bits per heavy atom. The van der Waals surface area contributed by atoms with Crippen molar-refractivity contribution in [1.29, 1.82) is 0 Å². The summed E-state index contributed by atoms with van der Waals surface area (Å²) in [6.45, 7) is 3.20. The largest absolute Gasteiger partial charge is 0.383 e. The molecular weight excluding hydrogens is 278 g/mol. The van der Waals surface area contributed by atoms with Crippen molar-refractivity contribution in [3.05, 3.63) is 44.0 Å². The lowest BCUT2D eigenvalue weighted by Crippen LogP contribution is -2.35. The quantitative estimate of drug-likeness (QED) is 0.552. The van der Waals surface area contributed by atoms with Crippen molar-refractivity contribution >= 4 is 11.4 Å². The molecule has 0 aliphatic heterocycles. The van der Waals surface area contributed by atoms with Gasteiger partial charge in [0.25, 0.3) is 11.4 Å². The summed E-state index contributed by atoms with van der Waals surface area (Å²) in [7, 11) is 1.56. The molecule has 1 atom stereocenters. The highest BCUT2D eigenvalue weighted by Crippen LogP contribution is 2.25. The van der Waals surface area contributed by atoms with Gasteiger partial charge in [0.2, 0.25) is 0 Å². The lowest BCUT2D eigenvalue weighted by atomic mass is 10.0. The van der Waals surface area contributed by atoms with E-state index in [4.69, 9.17) is 4.74 Å². The molecule has 0 fully saturated rings. The molecule has 8 heteroatoms. The number of rotatable bonds is 9. The van der Waals surface area contributed by atoms with Gasteiger partial charge >= 0.3 is 0 Å². The molecule has 0 saturated heterocycles. The minimum atomic E-state index is -0.640. The van der Waals surface area contributed by atoms with Crippen molar-refractivity contribution in [3.63, 3.8) is 0 Å². The van der Waals surface area contributed by atoms with E-state index in [1.54, 1.807) is 7.11 Å². The summed E-state index contributed by atoms with van der Waals surface area (Å²) in [6, 6.07) is 3.65. The first-order chi connectivity index (χ1) is 9.99. The van der Waals surface area contributed by atoms with Crippen LogP contribution >= 0.6 is 0 Å². The molecule has 8 nitrogen and oxygen atoms in total. The number of nitro benzene ring substituents is 2. The average molecular weight is 297 g/mol. The van der Waals surface area contributed by atoms with Crippen molar-refractivity contribution in [2.45, 2.75) is 25.8 Å². The Morgan fingerprint density at radius 3 is 2.52 bits per heavy atom. The van der Waals surface area contributed by atoms with E-state index in [1.165, 1.54) is 12.1 Å². The maximum absolute atomic E-state index is 11.1. The van der Waals surface area contributed by atoms with E-state index in [0.717, 1.165) is 19.0 Å². The van der Waals surface area contributed by atoms with Gasteiger partial charge in [-0.1, -0.05) is 6.92 Å². The number of non-ortho nitro benzene ring substituents is 1. The number of benzene rings is 1. The summed E-state index contributed by atoms with van der Waals surface area (Å²) in [5, 5.41) is 25.0. The van der Waals surface area contributed by atoms with Gasteiger partial charge in [0.1, 0.15) is 0 Å². The van der Waals surface area contributed by atoms with Crippen molar-refractivity contribution < 1.29 is 14.6 Å². The smallest absolute Gasteiger partial charge is 0.279 e. The fraction of sp³-hybridized carbons (Fsp3) is 0.538. The van der Waals surface area contributed by atoms with E-state index >= 15 is 0 Å². The van der Waals surface area contributed by atoms with Gasteiger partial charge in [0, 0.05) is 24.8 Å². The molecule has 0 radical (unpaired) electrons. The van der Waals surface area contributed by atoms with Gasteiger partial charge in [-0.3, -0.25) is 20.2 Å². The fourth-order valence-corrected chi connectivity index (χ4v) is 2.01. The first kappa shape index (κ1) is 17.0. The van der Waals surface area contributed by atoms with Crippen LogP contribution in [-0.2, 0) is 11.2 Å². The van der Waals surface area contributed by atoms with Crippen LogP contribution < -0.4 is 5.32 Å². The highest BCUT2D eigenvalue weighted by atomic mass is 16.6. The topological polar surface area (TPSA) is 108 Å². The van der Waals surface area contributed by atoms with Crippen molar-refractivity contribution in [2.24, 2.45) is 0 Å². The normalized spacial score (nSPS) is 12.1. The average Bonchev–Trinajstić information content (AvgIpc) is 2.44. The predicted molar refractivity (Wildman–Crippen MR) is 77.4 cm³/mol. The maximum atomic E-state index is 11.1. The first-order valence-electron chi connectivity index (χ1n) is 6.63. The highest BCUT2D eigenvalue weighted by molar-refractivity contribution is 5.49. The van der Waals surface area contributed by atoms with E-state index in [0.29, 0.717) is 18.6 Å². The zero-order chi connectivity index (χ0) is 15.8. The fourth-order valence-electron chi connectivity index (χ4n) is 2.01. The molecule has 1 N–H and O–H groups in total. The van der Waals surface area contributed by atoms with Gasteiger partial charge in [-0.05, 0) is 25.5 Å². The third-order valence-corrected chi connectivity index (χ3v) is 2.99. The van der Waals surface area contributed by atoms with Crippen LogP contribution in [0.5, 0.6) is 0 Å². The zero-order valence-corrected chi connectivity index (χ0v) is 12.1. The minimum Gasteiger partial charge on any atom is -0.383 e. The molecule has 1 unspecified atom stereocenters. The number of nitrogens with one attached hydrogen (secondary N) is 1. The van der Waals surface area contributed by atoms with E-state index in [2.05, 4.69) is 5.32 Å². The molecule has 0 aliphatic carbocycles. The number of hydrogen-bond acceptors (Lipinski definition) is 6. The van der Waals surface area contributed by atoms with Crippen LogP contribution in [0.2, 0.25) is 0 Å². The monoisotopic (exact) mass is 297 g/mol. The van der Waals surface area contributed by atoms with E-state index in [1.807, 2.05) is 6.92 Å². The Balaban J connectivity index is 2.99. The number of ether oxygens (including phenoxy) is 1. The molecule has 0 aromatic heterocycles. The van der Waals surface area contributed by atoms with E-state index < -0.39 is 9.85 Å². The second-order valence-corrected chi connectivity index (χ2v) is 4.64.